The number of aromatic nitrogens is 2. The highest BCUT2D eigenvalue weighted by Crippen LogP contribution is 2.35. The van der Waals surface area contributed by atoms with E-state index in [2.05, 4.69) is 35.1 Å². The van der Waals surface area contributed by atoms with Crippen molar-refractivity contribution in [2.45, 2.75) is 44.9 Å². The number of nitrogens with zero attached hydrogens (tertiary/aromatic N) is 2. The van der Waals surface area contributed by atoms with Gasteiger partial charge in [0.1, 0.15) is 11.6 Å². The average molecular weight is 357 g/mol. The Balaban J connectivity index is 1.62. The minimum atomic E-state index is 0.471. The summed E-state index contributed by atoms with van der Waals surface area (Å²) in [5, 5.41) is 0. The maximum Gasteiger partial charge on any atom is 0.131 e. The van der Waals surface area contributed by atoms with Crippen molar-refractivity contribution in [1.29, 1.82) is 0 Å². The van der Waals surface area contributed by atoms with Gasteiger partial charge in [-0.25, -0.2) is 9.97 Å². The van der Waals surface area contributed by atoms with Crippen molar-refractivity contribution in [3.8, 4) is 16.9 Å². The van der Waals surface area contributed by atoms with E-state index in [0.29, 0.717) is 11.8 Å². The zero-order valence-electron chi connectivity index (χ0n) is 14.7. The molecule has 25 heavy (non-hydrogen) atoms. The Morgan fingerprint density at radius 1 is 1.04 bits per heavy atom. The first-order chi connectivity index (χ1) is 12.3. The molecule has 1 saturated carbocycles. The van der Waals surface area contributed by atoms with Crippen molar-refractivity contribution in [3.63, 3.8) is 0 Å². The average Bonchev–Trinajstić information content (AvgIpc) is 2.68. The van der Waals surface area contributed by atoms with Crippen LogP contribution in [0, 0.1) is 5.92 Å². The Hall–Kier alpha value is -1.87. The fourth-order valence-electron chi connectivity index (χ4n) is 3.33. The van der Waals surface area contributed by atoms with E-state index in [0.717, 1.165) is 61.4 Å². The first kappa shape index (κ1) is 17.9. The molecule has 3 nitrogen and oxygen atoms in total. The first-order valence-electron chi connectivity index (χ1n) is 9.12. The van der Waals surface area contributed by atoms with E-state index < -0.39 is 0 Å². The largest absolute Gasteiger partial charge is 0.494 e. The van der Waals surface area contributed by atoms with Gasteiger partial charge in [0.25, 0.3) is 0 Å². The van der Waals surface area contributed by atoms with Gasteiger partial charge in [-0.1, -0.05) is 36.7 Å². The van der Waals surface area contributed by atoms with Crippen LogP contribution in [-0.2, 0) is 0 Å². The second-order valence-electron chi connectivity index (χ2n) is 6.63. The second-order valence-corrected chi connectivity index (χ2v) is 6.88. The number of rotatable bonds is 6. The summed E-state index contributed by atoms with van der Waals surface area (Å²) in [5.41, 5.74) is 3.81. The Kier molecular flexibility index (Phi) is 6.46. The van der Waals surface area contributed by atoms with Gasteiger partial charge in [0.2, 0.25) is 0 Å². The van der Waals surface area contributed by atoms with Gasteiger partial charge in [-0.15, -0.1) is 0 Å². The third kappa shape index (κ3) is 4.82. The molecule has 0 unspecified atom stereocenters. The molecular weight excluding hydrogens is 332 g/mol. The maximum absolute atomic E-state index is 5.69. The lowest BCUT2D eigenvalue weighted by atomic mass is 9.81. The standard InChI is InChI=1S/C21H25ClN2O/c1-2-13-25-20-9-7-17(8-10-20)19-14-23-21(24-15-19)18-5-3-16(4-6-18)11-12-22/h7-12,14-16,18H,2-6,13H2,1H3. The van der Waals surface area contributed by atoms with Crippen LogP contribution >= 0.6 is 11.6 Å². The number of hydrogen-bond acceptors (Lipinski definition) is 3. The van der Waals surface area contributed by atoms with Crippen LogP contribution in [0.25, 0.3) is 11.1 Å². The molecule has 0 bridgehead atoms. The van der Waals surface area contributed by atoms with Crippen molar-refractivity contribution in [2.24, 2.45) is 5.92 Å². The van der Waals surface area contributed by atoms with Crippen LogP contribution in [0.2, 0.25) is 0 Å². The van der Waals surface area contributed by atoms with E-state index in [9.17, 15) is 0 Å². The molecule has 0 radical (unpaired) electrons. The van der Waals surface area contributed by atoms with Crippen molar-refractivity contribution in [1.82, 2.24) is 9.97 Å². The normalized spacial score (nSPS) is 20.7. The lowest BCUT2D eigenvalue weighted by molar-refractivity contribution is 0.317. The summed E-state index contributed by atoms with van der Waals surface area (Å²) in [4.78, 5) is 9.27. The molecule has 0 saturated heterocycles. The van der Waals surface area contributed by atoms with Crippen LogP contribution in [0.5, 0.6) is 5.75 Å². The van der Waals surface area contributed by atoms with Gasteiger partial charge in [-0.3, -0.25) is 0 Å². The van der Waals surface area contributed by atoms with Crippen LogP contribution in [0.15, 0.2) is 48.3 Å². The smallest absolute Gasteiger partial charge is 0.131 e. The zero-order valence-corrected chi connectivity index (χ0v) is 15.5. The van der Waals surface area contributed by atoms with E-state index in [1.807, 2.05) is 24.5 Å². The summed E-state index contributed by atoms with van der Waals surface area (Å²) in [6, 6.07) is 8.13. The third-order valence-corrected chi connectivity index (χ3v) is 4.96. The summed E-state index contributed by atoms with van der Waals surface area (Å²) in [5.74, 6) is 2.96. The van der Waals surface area contributed by atoms with E-state index in [-0.39, 0.29) is 0 Å². The van der Waals surface area contributed by atoms with E-state index in [1.54, 1.807) is 5.54 Å². The molecule has 132 valence electrons. The predicted molar refractivity (Wildman–Crippen MR) is 103 cm³/mol. The van der Waals surface area contributed by atoms with Crippen LogP contribution in [-0.4, -0.2) is 16.6 Å². The summed E-state index contributed by atoms with van der Waals surface area (Å²) in [6.07, 6.45) is 11.6. The van der Waals surface area contributed by atoms with Crippen molar-refractivity contribution < 1.29 is 4.74 Å². The maximum atomic E-state index is 5.69. The number of ether oxygens (including phenoxy) is 1. The van der Waals surface area contributed by atoms with E-state index in [1.165, 1.54) is 0 Å². The molecule has 0 aliphatic heterocycles. The van der Waals surface area contributed by atoms with Crippen molar-refractivity contribution in [3.05, 3.63) is 54.1 Å². The van der Waals surface area contributed by atoms with Gasteiger partial charge in [0, 0.05) is 29.4 Å². The molecular formula is C21H25ClN2O. The Labute approximate surface area is 155 Å². The summed E-state index contributed by atoms with van der Waals surface area (Å²) in [7, 11) is 0. The SMILES string of the molecule is CCCOc1ccc(-c2cnc(C3CCC(C=CCl)CC3)nc2)cc1. The van der Waals surface area contributed by atoms with Gasteiger partial charge in [0.15, 0.2) is 0 Å². The fraction of sp³-hybridized carbons (Fsp3) is 0.429. The summed E-state index contributed by atoms with van der Waals surface area (Å²) < 4.78 is 5.63. The minimum absolute atomic E-state index is 0.471. The Morgan fingerprint density at radius 2 is 1.72 bits per heavy atom. The third-order valence-electron chi connectivity index (χ3n) is 4.81. The Bertz CT molecular complexity index is 674. The van der Waals surface area contributed by atoms with Gasteiger partial charge < -0.3 is 4.74 Å². The molecule has 3 rings (SSSR count). The van der Waals surface area contributed by atoms with Gasteiger partial charge in [0.05, 0.1) is 6.61 Å². The lowest BCUT2D eigenvalue weighted by Crippen LogP contribution is -2.13. The number of benzene rings is 1. The summed E-state index contributed by atoms with van der Waals surface area (Å²) in [6.45, 7) is 2.86. The molecule has 1 aromatic heterocycles. The van der Waals surface area contributed by atoms with Gasteiger partial charge >= 0.3 is 0 Å². The molecule has 1 aliphatic rings. The van der Waals surface area contributed by atoms with Gasteiger partial charge in [-0.05, 0) is 55.7 Å². The second kappa shape index (κ2) is 9.00. The summed E-state index contributed by atoms with van der Waals surface area (Å²) >= 11 is 5.69. The minimum Gasteiger partial charge on any atom is -0.494 e. The first-order valence-corrected chi connectivity index (χ1v) is 9.56. The van der Waals surface area contributed by atoms with E-state index in [4.69, 9.17) is 16.3 Å². The molecule has 0 spiro atoms. The monoisotopic (exact) mass is 356 g/mol. The molecule has 1 aromatic carbocycles. The molecule has 1 heterocycles. The predicted octanol–water partition coefficient (Wildman–Crippen LogP) is 5.96. The number of allylic oxidation sites excluding steroid dienone is 1. The lowest BCUT2D eigenvalue weighted by Gasteiger charge is -2.25. The highest BCUT2D eigenvalue weighted by Gasteiger charge is 2.22. The highest BCUT2D eigenvalue weighted by molar-refractivity contribution is 6.25. The highest BCUT2D eigenvalue weighted by atomic mass is 35.5. The quantitative estimate of drug-likeness (QED) is 0.640. The number of hydrogen-bond donors (Lipinski definition) is 0. The van der Waals surface area contributed by atoms with Crippen molar-refractivity contribution in [2.75, 3.05) is 6.61 Å². The Morgan fingerprint density at radius 3 is 2.32 bits per heavy atom. The van der Waals surface area contributed by atoms with Crippen LogP contribution in [0.4, 0.5) is 0 Å². The molecule has 1 fully saturated rings. The van der Waals surface area contributed by atoms with Crippen LogP contribution in [0.1, 0.15) is 50.8 Å². The van der Waals surface area contributed by atoms with Crippen LogP contribution in [0.3, 0.4) is 0 Å². The number of halogens is 1. The van der Waals surface area contributed by atoms with Gasteiger partial charge in [-0.2, -0.15) is 0 Å². The molecule has 4 heteroatoms. The van der Waals surface area contributed by atoms with Crippen LogP contribution < -0.4 is 4.74 Å². The molecule has 2 aromatic rings. The molecule has 1 aliphatic carbocycles. The zero-order chi connectivity index (χ0) is 17.5. The molecule has 0 atom stereocenters. The van der Waals surface area contributed by atoms with E-state index >= 15 is 0 Å². The molecule has 0 amide bonds. The van der Waals surface area contributed by atoms with Crippen molar-refractivity contribution >= 4 is 11.6 Å². The molecule has 0 N–H and O–H groups in total. The topological polar surface area (TPSA) is 35.0 Å². The fourth-order valence-corrected chi connectivity index (χ4v) is 3.54.